The van der Waals surface area contributed by atoms with Crippen LogP contribution in [0.4, 0.5) is 11.4 Å². The monoisotopic (exact) mass is 496 g/mol. The molecule has 2 aliphatic heterocycles. The molecular formula is C28H44N6S. The molecule has 0 saturated carbocycles. The first-order valence-electron chi connectivity index (χ1n) is 13.3. The molecule has 0 spiro atoms. The topological polar surface area (TPSA) is 37.0 Å². The molecule has 6 nitrogen and oxygen atoms in total. The zero-order chi connectivity index (χ0) is 24.3. The normalized spacial score (nSPS) is 18.6. The van der Waals surface area contributed by atoms with Crippen LogP contribution in [0.1, 0.15) is 12.8 Å². The van der Waals surface area contributed by atoms with Gasteiger partial charge in [0.2, 0.25) is 0 Å². The Kier molecular flexibility index (Phi) is 10.6. The van der Waals surface area contributed by atoms with Crippen molar-refractivity contribution in [1.29, 1.82) is 0 Å². The van der Waals surface area contributed by atoms with Crippen molar-refractivity contribution in [3.8, 4) is 0 Å². The molecule has 2 heterocycles. The molecule has 0 radical (unpaired) electrons. The molecule has 7 heteroatoms. The van der Waals surface area contributed by atoms with Crippen LogP contribution < -0.4 is 10.6 Å². The van der Waals surface area contributed by atoms with E-state index in [0.29, 0.717) is 0 Å². The molecule has 2 N–H and O–H groups in total. The molecule has 0 aliphatic carbocycles. The molecule has 4 rings (SSSR count). The fourth-order valence-electron chi connectivity index (χ4n) is 4.70. The summed E-state index contributed by atoms with van der Waals surface area (Å²) in [5, 5.41) is 7.33. The van der Waals surface area contributed by atoms with E-state index in [-0.39, 0.29) is 0 Å². The summed E-state index contributed by atoms with van der Waals surface area (Å²) in [6.07, 6.45) is 2.36. The van der Waals surface area contributed by atoms with Gasteiger partial charge in [-0.1, -0.05) is 30.0 Å². The van der Waals surface area contributed by atoms with Crippen molar-refractivity contribution in [2.45, 2.75) is 22.6 Å². The number of nitrogens with one attached hydrogen (secondary N) is 2. The van der Waals surface area contributed by atoms with Crippen molar-refractivity contribution in [3.63, 3.8) is 0 Å². The maximum absolute atomic E-state index is 3.69. The second-order valence-corrected chi connectivity index (χ2v) is 11.1. The van der Waals surface area contributed by atoms with Crippen LogP contribution in [0.5, 0.6) is 0 Å². The molecule has 0 aromatic heterocycles. The third kappa shape index (κ3) is 8.99. The molecule has 2 aromatic carbocycles. The molecule has 0 atom stereocenters. The van der Waals surface area contributed by atoms with Gasteiger partial charge in [0.15, 0.2) is 0 Å². The molecule has 2 saturated heterocycles. The average molecular weight is 497 g/mol. The summed E-state index contributed by atoms with van der Waals surface area (Å²) in [5.74, 6) is 0. The number of rotatable bonds is 12. The van der Waals surface area contributed by atoms with Gasteiger partial charge in [-0.3, -0.25) is 0 Å². The summed E-state index contributed by atoms with van der Waals surface area (Å²) in [7, 11) is 4.43. The van der Waals surface area contributed by atoms with Crippen LogP contribution >= 0.6 is 11.8 Å². The van der Waals surface area contributed by atoms with E-state index in [4.69, 9.17) is 0 Å². The summed E-state index contributed by atoms with van der Waals surface area (Å²) >= 11 is 1.85. The first-order chi connectivity index (χ1) is 17.2. The lowest BCUT2D eigenvalue weighted by Gasteiger charge is -2.32. The summed E-state index contributed by atoms with van der Waals surface area (Å²) < 4.78 is 0. The van der Waals surface area contributed by atoms with Crippen LogP contribution in [-0.2, 0) is 0 Å². The number of hydrogen-bond donors (Lipinski definition) is 2. The van der Waals surface area contributed by atoms with Crippen molar-refractivity contribution >= 4 is 23.1 Å². The standard InChI is InChI=1S/C28H44N6S/c1-31-16-20-33(21-17-31)14-6-12-29-25-8-5-9-26(24-25)35-28-11-4-3-10-27(28)30-13-7-15-34-22-18-32(2)19-23-34/h3-5,8-11,24,29-30H,6-7,12-23H2,1-2H3. The van der Waals surface area contributed by atoms with Crippen molar-refractivity contribution in [2.24, 2.45) is 0 Å². The molecule has 2 fully saturated rings. The van der Waals surface area contributed by atoms with Gasteiger partial charge in [0, 0.05) is 86.6 Å². The zero-order valence-electron chi connectivity index (χ0n) is 21.7. The number of anilines is 2. The molecule has 2 aliphatic rings. The number of hydrogen-bond acceptors (Lipinski definition) is 7. The van der Waals surface area contributed by atoms with Gasteiger partial charge in [-0.15, -0.1) is 0 Å². The Bertz CT molecular complexity index is 877. The van der Waals surface area contributed by atoms with E-state index in [2.05, 4.69) is 92.9 Å². The lowest BCUT2D eigenvalue weighted by atomic mass is 10.3. The average Bonchev–Trinajstić information content (AvgIpc) is 2.88. The lowest BCUT2D eigenvalue weighted by molar-refractivity contribution is 0.154. The van der Waals surface area contributed by atoms with Crippen molar-refractivity contribution in [3.05, 3.63) is 48.5 Å². The van der Waals surface area contributed by atoms with E-state index in [1.807, 2.05) is 11.8 Å². The van der Waals surface area contributed by atoms with E-state index in [1.165, 1.54) is 99.5 Å². The molecule has 0 amide bonds. The molecule has 0 unspecified atom stereocenters. The molecule has 192 valence electrons. The van der Waals surface area contributed by atoms with Gasteiger partial charge in [-0.25, -0.2) is 0 Å². The highest BCUT2D eigenvalue weighted by molar-refractivity contribution is 7.99. The molecular weight excluding hydrogens is 452 g/mol. The van der Waals surface area contributed by atoms with Gasteiger partial charge in [0.1, 0.15) is 0 Å². The second-order valence-electron chi connectivity index (χ2n) is 9.98. The van der Waals surface area contributed by atoms with Crippen LogP contribution in [0.2, 0.25) is 0 Å². The van der Waals surface area contributed by atoms with Crippen LogP contribution in [0.15, 0.2) is 58.3 Å². The lowest BCUT2D eigenvalue weighted by Crippen LogP contribution is -2.44. The fourth-order valence-corrected chi connectivity index (χ4v) is 5.69. The van der Waals surface area contributed by atoms with Gasteiger partial charge in [-0.2, -0.15) is 0 Å². The quantitative estimate of drug-likeness (QED) is 0.431. The molecule has 35 heavy (non-hydrogen) atoms. The Morgan fingerprint density at radius 2 is 1.29 bits per heavy atom. The zero-order valence-corrected chi connectivity index (χ0v) is 22.5. The van der Waals surface area contributed by atoms with E-state index in [9.17, 15) is 0 Å². The van der Waals surface area contributed by atoms with Gasteiger partial charge in [0.05, 0.1) is 0 Å². The van der Waals surface area contributed by atoms with Crippen molar-refractivity contribution in [2.75, 3.05) is 103 Å². The predicted octanol–water partition coefficient (Wildman–Crippen LogP) is 3.94. The number of benzene rings is 2. The maximum Gasteiger partial charge on any atom is 0.0482 e. The minimum absolute atomic E-state index is 1.01. The molecule has 0 bridgehead atoms. The summed E-state index contributed by atoms with van der Waals surface area (Å²) in [4.78, 5) is 12.6. The summed E-state index contributed by atoms with van der Waals surface area (Å²) in [6.45, 7) is 14.0. The molecule has 2 aromatic rings. The summed E-state index contributed by atoms with van der Waals surface area (Å²) in [5.41, 5.74) is 2.45. The van der Waals surface area contributed by atoms with Crippen LogP contribution in [0, 0.1) is 0 Å². The Balaban J connectivity index is 1.20. The van der Waals surface area contributed by atoms with Gasteiger partial charge in [-0.05, 0) is 70.4 Å². The first-order valence-corrected chi connectivity index (χ1v) is 14.1. The Hall–Kier alpha value is -1.77. The van der Waals surface area contributed by atoms with E-state index < -0.39 is 0 Å². The van der Waals surface area contributed by atoms with Crippen molar-refractivity contribution in [1.82, 2.24) is 19.6 Å². The number of piperazine rings is 2. The van der Waals surface area contributed by atoms with Gasteiger partial charge >= 0.3 is 0 Å². The fraction of sp³-hybridized carbons (Fsp3) is 0.571. The Labute approximate surface area is 217 Å². The number of nitrogens with zero attached hydrogens (tertiary/aromatic N) is 4. The highest BCUT2D eigenvalue weighted by Crippen LogP contribution is 2.34. The van der Waals surface area contributed by atoms with E-state index in [0.717, 1.165) is 13.1 Å². The highest BCUT2D eigenvalue weighted by Gasteiger charge is 2.14. The minimum atomic E-state index is 1.01. The van der Waals surface area contributed by atoms with Crippen LogP contribution in [0.3, 0.4) is 0 Å². The van der Waals surface area contributed by atoms with E-state index >= 15 is 0 Å². The van der Waals surface area contributed by atoms with E-state index in [1.54, 1.807) is 0 Å². The van der Waals surface area contributed by atoms with Crippen LogP contribution in [0.25, 0.3) is 0 Å². The summed E-state index contributed by atoms with van der Waals surface area (Å²) in [6, 6.07) is 17.5. The Morgan fingerprint density at radius 1 is 0.686 bits per heavy atom. The largest absolute Gasteiger partial charge is 0.385 e. The predicted molar refractivity (Wildman–Crippen MR) is 151 cm³/mol. The maximum atomic E-state index is 3.69. The Morgan fingerprint density at radius 3 is 1.94 bits per heavy atom. The van der Waals surface area contributed by atoms with Gasteiger partial charge in [0.25, 0.3) is 0 Å². The second kappa shape index (κ2) is 14.1. The number of para-hydroxylation sites is 1. The minimum Gasteiger partial charge on any atom is -0.385 e. The number of likely N-dealkylation sites (N-methyl/N-ethyl adjacent to an activating group) is 2. The SMILES string of the molecule is CN1CCN(CCCNc2cccc(Sc3ccccc3NCCCN3CCN(C)CC3)c2)CC1. The third-order valence-electron chi connectivity index (χ3n) is 7.09. The third-order valence-corrected chi connectivity index (χ3v) is 8.15. The van der Waals surface area contributed by atoms with Crippen molar-refractivity contribution < 1.29 is 0 Å². The highest BCUT2D eigenvalue weighted by atomic mass is 32.2. The van der Waals surface area contributed by atoms with Gasteiger partial charge < -0.3 is 30.2 Å². The van der Waals surface area contributed by atoms with Crippen LogP contribution in [-0.4, -0.2) is 112 Å². The smallest absolute Gasteiger partial charge is 0.0482 e. The first kappa shape index (κ1) is 26.3.